The molecule has 0 aromatic carbocycles. The number of amides is 2. The summed E-state index contributed by atoms with van der Waals surface area (Å²) in [6, 6.07) is -0.719. The second-order valence-corrected chi connectivity index (χ2v) is 5.99. The van der Waals surface area contributed by atoms with E-state index in [1.165, 1.54) is 0 Å². The second-order valence-electron chi connectivity index (χ2n) is 3.99. The van der Waals surface area contributed by atoms with Crippen LogP contribution >= 0.6 is 23.1 Å². The van der Waals surface area contributed by atoms with Crippen LogP contribution in [-0.2, 0) is 9.59 Å². The van der Waals surface area contributed by atoms with Gasteiger partial charge in [0.2, 0.25) is 16.9 Å². The minimum Gasteiger partial charge on any atom is -0.344 e. The quantitative estimate of drug-likeness (QED) is 0.758. The molecule has 0 radical (unpaired) electrons. The Bertz CT molecular complexity index is 485. The Morgan fingerprint density at radius 1 is 1.38 bits per heavy atom. The lowest BCUT2D eigenvalue weighted by molar-refractivity contribution is -0.126. The van der Waals surface area contributed by atoms with Gasteiger partial charge in [-0.05, 0) is 18.4 Å². The summed E-state index contributed by atoms with van der Waals surface area (Å²) in [7, 11) is 0. The SMILES string of the molecule is CCC(=O)N[C@@H](CCSC)C(=O)Nc1nnc(C(F)F)s1. The van der Waals surface area contributed by atoms with E-state index in [1.807, 2.05) is 6.26 Å². The van der Waals surface area contributed by atoms with E-state index in [0.717, 1.165) is 0 Å². The molecule has 0 aliphatic rings. The van der Waals surface area contributed by atoms with Crippen LogP contribution in [0.1, 0.15) is 31.2 Å². The van der Waals surface area contributed by atoms with Crippen molar-refractivity contribution in [2.45, 2.75) is 32.2 Å². The average molecular weight is 338 g/mol. The zero-order chi connectivity index (χ0) is 15.8. The Hall–Kier alpha value is -1.29. The molecule has 118 valence electrons. The fourth-order valence-electron chi connectivity index (χ4n) is 1.37. The van der Waals surface area contributed by atoms with Gasteiger partial charge in [0.05, 0.1) is 0 Å². The van der Waals surface area contributed by atoms with Gasteiger partial charge < -0.3 is 5.32 Å². The smallest absolute Gasteiger partial charge is 0.291 e. The number of hydrogen-bond donors (Lipinski definition) is 2. The molecule has 0 aliphatic heterocycles. The summed E-state index contributed by atoms with van der Waals surface area (Å²) in [6.07, 6.45) is -0.132. The van der Waals surface area contributed by atoms with Crippen LogP contribution in [0.15, 0.2) is 0 Å². The van der Waals surface area contributed by atoms with Crippen LogP contribution in [0.4, 0.5) is 13.9 Å². The first kappa shape index (κ1) is 17.8. The Labute approximate surface area is 129 Å². The minimum absolute atomic E-state index is 0.00445. The van der Waals surface area contributed by atoms with E-state index in [-0.39, 0.29) is 17.5 Å². The molecule has 0 fully saturated rings. The highest BCUT2D eigenvalue weighted by Gasteiger charge is 2.22. The summed E-state index contributed by atoms with van der Waals surface area (Å²) in [5.74, 6) is -0.0508. The maximum Gasteiger partial charge on any atom is 0.291 e. The predicted molar refractivity (Wildman–Crippen MR) is 78.7 cm³/mol. The third kappa shape index (κ3) is 5.92. The molecular formula is C11H16F2N4O2S2. The van der Waals surface area contributed by atoms with Crippen LogP contribution in [0, 0.1) is 0 Å². The molecule has 1 aromatic rings. The number of thioether (sulfide) groups is 1. The summed E-state index contributed by atoms with van der Waals surface area (Å²) in [5, 5.41) is 11.3. The molecule has 21 heavy (non-hydrogen) atoms. The number of alkyl halides is 2. The van der Waals surface area contributed by atoms with Crippen molar-refractivity contribution in [3.05, 3.63) is 5.01 Å². The summed E-state index contributed by atoms with van der Waals surface area (Å²) in [6.45, 7) is 1.68. The molecule has 1 aromatic heterocycles. The summed E-state index contributed by atoms with van der Waals surface area (Å²) in [5.41, 5.74) is 0. The number of anilines is 1. The molecule has 6 nitrogen and oxygen atoms in total. The first-order chi connectivity index (χ1) is 9.97. The first-order valence-electron chi connectivity index (χ1n) is 6.18. The molecule has 0 unspecified atom stereocenters. The highest BCUT2D eigenvalue weighted by atomic mass is 32.2. The fraction of sp³-hybridized carbons (Fsp3) is 0.636. The van der Waals surface area contributed by atoms with Crippen molar-refractivity contribution in [1.29, 1.82) is 0 Å². The van der Waals surface area contributed by atoms with Crippen molar-refractivity contribution in [3.8, 4) is 0 Å². The Morgan fingerprint density at radius 2 is 2.10 bits per heavy atom. The lowest BCUT2D eigenvalue weighted by Gasteiger charge is -2.16. The Morgan fingerprint density at radius 3 is 2.62 bits per heavy atom. The van der Waals surface area contributed by atoms with E-state index in [2.05, 4.69) is 20.8 Å². The van der Waals surface area contributed by atoms with Crippen LogP contribution in [0.2, 0.25) is 0 Å². The molecule has 1 atom stereocenters. The van der Waals surface area contributed by atoms with Crippen LogP contribution in [0.5, 0.6) is 0 Å². The number of carbonyl (C=O) groups is 2. The van der Waals surface area contributed by atoms with Crippen molar-refractivity contribution in [2.24, 2.45) is 0 Å². The Balaban J connectivity index is 2.67. The van der Waals surface area contributed by atoms with Gasteiger partial charge in [-0.2, -0.15) is 11.8 Å². The number of nitrogens with one attached hydrogen (secondary N) is 2. The van der Waals surface area contributed by atoms with E-state index >= 15 is 0 Å². The third-order valence-electron chi connectivity index (χ3n) is 2.44. The maximum absolute atomic E-state index is 12.4. The van der Waals surface area contributed by atoms with Gasteiger partial charge >= 0.3 is 0 Å². The fourth-order valence-corrected chi connectivity index (χ4v) is 2.44. The molecule has 10 heteroatoms. The standard InChI is InChI=1S/C11H16F2N4O2S2/c1-3-7(18)14-6(4-5-20-2)9(19)15-11-17-16-10(21-11)8(12)13/h6,8H,3-5H2,1-2H3,(H,14,18)(H,15,17,19)/t6-/m0/s1. The minimum atomic E-state index is -2.72. The molecule has 1 rings (SSSR count). The number of rotatable bonds is 8. The summed E-state index contributed by atoms with van der Waals surface area (Å²) in [4.78, 5) is 23.5. The molecule has 0 bridgehead atoms. The highest BCUT2D eigenvalue weighted by Crippen LogP contribution is 2.25. The van der Waals surface area contributed by atoms with Gasteiger partial charge in [0.1, 0.15) is 6.04 Å². The first-order valence-corrected chi connectivity index (χ1v) is 8.39. The molecular weight excluding hydrogens is 322 g/mol. The number of aromatic nitrogens is 2. The molecule has 0 spiro atoms. The van der Waals surface area contributed by atoms with Gasteiger partial charge in [-0.15, -0.1) is 10.2 Å². The third-order valence-corrected chi connectivity index (χ3v) is 3.93. The van der Waals surface area contributed by atoms with Crippen molar-refractivity contribution >= 4 is 40.0 Å². The summed E-state index contributed by atoms with van der Waals surface area (Å²) >= 11 is 2.15. The zero-order valence-electron chi connectivity index (χ0n) is 11.6. The van der Waals surface area contributed by atoms with Gasteiger partial charge in [-0.1, -0.05) is 18.3 Å². The van der Waals surface area contributed by atoms with Crippen LogP contribution in [0.25, 0.3) is 0 Å². The van der Waals surface area contributed by atoms with Crippen LogP contribution in [0.3, 0.4) is 0 Å². The predicted octanol–water partition coefficient (Wildman–Crippen LogP) is 2.06. The van der Waals surface area contributed by atoms with Gasteiger partial charge in [0.15, 0.2) is 5.01 Å². The second kappa shape index (κ2) is 8.88. The van der Waals surface area contributed by atoms with Crippen molar-refractivity contribution < 1.29 is 18.4 Å². The van der Waals surface area contributed by atoms with Crippen molar-refractivity contribution in [3.63, 3.8) is 0 Å². The van der Waals surface area contributed by atoms with Gasteiger partial charge in [-0.25, -0.2) is 8.78 Å². The average Bonchev–Trinajstić information content (AvgIpc) is 2.91. The largest absolute Gasteiger partial charge is 0.344 e. The monoisotopic (exact) mass is 338 g/mol. The lowest BCUT2D eigenvalue weighted by atomic mass is 10.2. The number of halogens is 2. The zero-order valence-corrected chi connectivity index (χ0v) is 13.2. The maximum atomic E-state index is 12.4. The van der Waals surface area contributed by atoms with E-state index < -0.39 is 23.4 Å². The molecule has 1 heterocycles. The van der Waals surface area contributed by atoms with Crippen molar-refractivity contribution in [2.75, 3.05) is 17.3 Å². The molecule has 2 N–H and O–H groups in total. The lowest BCUT2D eigenvalue weighted by Crippen LogP contribution is -2.43. The Kier molecular flexibility index (Phi) is 7.51. The number of hydrogen-bond acceptors (Lipinski definition) is 6. The molecule has 0 saturated carbocycles. The summed E-state index contributed by atoms with van der Waals surface area (Å²) < 4.78 is 24.8. The van der Waals surface area contributed by atoms with Crippen LogP contribution < -0.4 is 10.6 Å². The van der Waals surface area contributed by atoms with Crippen molar-refractivity contribution in [1.82, 2.24) is 15.5 Å². The highest BCUT2D eigenvalue weighted by molar-refractivity contribution is 7.98. The van der Waals surface area contributed by atoms with E-state index in [1.54, 1.807) is 18.7 Å². The normalized spacial score (nSPS) is 12.2. The number of carbonyl (C=O) groups excluding carboxylic acids is 2. The van der Waals surface area contributed by atoms with E-state index in [4.69, 9.17) is 0 Å². The molecule has 0 saturated heterocycles. The van der Waals surface area contributed by atoms with Gasteiger partial charge in [0, 0.05) is 6.42 Å². The van der Waals surface area contributed by atoms with Crippen LogP contribution in [-0.4, -0.2) is 40.1 Å². The molecule has 2 amide bonds. The molecule has 0 aliphatic carbocycles. The van der Waals surface area contributed by atoms with E-state index in [0.29, 0.717) is 23.5 Å². The van der Waals surface area contributed by atoms with E-state index in [9.17, 15) is 18.4 Å². The topological polar surface area (TPSA) is 84.0 Å². The number of nitrogens with zero attached hydrogens (tertiary/aromatic N) is 2. The van der Waals surface area contributed by atoms with Gasteiger partial charge in [0.25, 0.3) is 6.43 Å². The van der Waals surface area contributed by atoms with Gasteiger partial charge in [-0.3, -0.25) is 14.9 Å².